The van der Waals surface area contributed by atoms with Gasteiger partial charge in [0.15, 0.2) is 5.78 Å². The summed E-state index contributed by atoms with van der Waals surface area (Å²) in [6.45, 7) is 2.53. The van der Waals surface area contributed by atoms with E-state index < -0.39 is 0 Å². The number of carbonyl (C=O) groups excluding carboxylic acids is 1. The maximum atomic E-state index is 12.6. The molecule has 19 heavy (non-hydrogen) atoms. The normalized spacial score (nSPS) is 12.9. The Morgan fingerprint density at radius 2 is 1.89 bits per heavy atom. The second kappa shape index (κ2) is 4.71. The minimum absolute atomic E-state index is 0.0764. The van der Waals surface area contributed by atoms with Gasteiger partial charge in [0.2, 0.25) is 0 Å². The molecule has 1 aliphatic heterocycles. The molecule has 0 aromatic heterocycles. The number of fused-ring (bicyclic) bond motifs is 1. The average Bonchev–Trinajstić information content (AvgIpc) is 2.89. The molecule has 0 unspecified atom stereocenters. The van der Waals surface area contributed by atoms with Crippen molar-refractivity contribution in [2.24, 2.45) is 0 Å². The monoisotopic (exact) mass is 272 g/mol. The third kappa shape index (κ3) is 2.02. The summed E-state index contributed by atoms with van der Waals surface area (Å²) in [5, 5.41) is 0.517. The lowest BCUT2D eigenvalue weighted by atomic mass is 9.98. The quantitative estimate of drug-likeness (QED) is 0.777. The van der Waals surface area contributed by atoms with Gasteiger partial charge in [-0.15, -0.1) is 0 Å². The number of ketones is 1. The zero-order chi connectivity index (χ0) is 13.4. The van der Waals surface area contributed by atoms with Crippen LogP contribution in [0.1, 0.15) is 27.0 Å². The van der Waals surface area contributed by atoms with Crippen LogP contribution in [0.4, 0.5) is 0 Å². The van der Waals surface area contributed by atoms with Gasteiger partial charge in [0.1, 0.15) is 5.75 Å². The number of hydrogen-bond acceptors (Lipinski definition) is 2. The van der Waals surface area contributed by atoms with Crippen molar-refractivity contribution in [3.05, 3.63) is 63.7 Å². The topological polar surface area (TPSA) is 26.3 Å². The van der Waals surface area contributed by atoms with Crippen molar-refractivity contribution in [2.45, 2.75) is 13.3 Å². The molecule has 2 aromatic rings. The van der Waals surface area contributed by atoms with Crippen LogP contribution in [0.3, 0.4) is 0 Å². The third-order valence-corrected chi connectivity index (χ3v) is 3.90. The van der Waals surface area contributed by atoms with E-state index in [1.165, 1.54) is 0 Å². The Hall–Kier alpha value is -1.80. The Bertz CT molecular complexity index is 662. The molecule has 0 spiro atoms. The van der Waals surface area contributed by atoms with E-state index in [1.807, 2.05) is 31.2 Å². The van der Waals surface area contributed by atoms with Crippen LogP contribution in [0.5, 0.6) is 5.75 Å². The molecule has 1 aliphatic rings. The highest BCUT2D eigenvalue weighted by atomic mass is 35.5. The molecule has 0 bridgehead atoms. The standard InChI is InChI=1S/C16H13ClO2/c1-10-4-2-6-12(14(10)17)15(18)13-7-3-5-11-8-9-19-16(11)13/h2-7H,8-9H2,1H3. The molecule has 2 nitrogen and oxygen atoms in total. The molecule has 0 N–H and O–H groups in total. The third-order valence-electron chi connectivity index (χ3n) is 3.40. The molecule has 0 saturated heterocycles. The summed E-state index contributed by atoms with van der Waals surface area (Å²) >= 11 is 6.23. The molecule has 0 saturated carbocycles. The first kappa shape index (κ1) is 12.2. The minimum atomic E-state index is -0.0764. The van der Waals surface area contributed by atoms with Crippen molar-refractivity contribution < 1.29 is 9.53 Å². The summed E-state index contributed by atoms with van der Waals surface area (Å²) in [6.07, 6.45) is 0.859. The molecule has 2 aromatic carbocycles. The maximum absolute atomic E-state index is 12.6. The molecule has 0 radical (unpaired) electrons. The van der Waals surface area contributed by atoms with Crippen molar-refractivity contribution in [3.63, 3.8) is 0 Å². The first-order valence-corrected chi connectivity index (χ1v) is 6.61. The molecular weight excluding hydrogens is 260 g/mol. The van der Waals surface area contributed by atoms with Gasteiger partial charge in [-0.3, -0.25) is 4.79 Å². The summed E-state index contributed by atoms with van der Waals surface area (Å²) < 4.78 is 5.58. The molecule has 3 heteroatoms. The summed E-state index contributed by atoms with van der Waals surface area (Å²) in [5.74, 6) is 0.637. The minimum Gasteiger partial charge on any atom is -0.492 e. The van der Waals surface area contributed by atoms with Crippen molar-refractivity contribution in [1.29, 1.82) is 0 Å². The van der Waals surface area contributed by atoms with Crippen LogP contribution >= 0.6 is 11.6 Å². The van der Waals surface area contributed by atoms with E-state index in [2.05, 4.69) is 0 Å². The van der Waals surface area contributed by atoms with Crippen LogP contribution in [-0.4, -0.2) is 12.4 Å². The molecule has 3 rings (SSSR count). The predicted molar refractivity (Wildman–Crippen MR) is 75.3 cm³/mol. The van der Waals surface area contributed by atoms with Crippen LogP contribution in [0.2, 0.25) is 5.02 Å². The highest BCUT2D eigenvalue weighted by Crippen LogP contribution is 2.32. The first-order chi connectivity index (χ1) is 9.18. The number of carbonyl (C=O) groups is 1. The van der Waals surface area contributed by atoms with Gasteiger partial charge in [-0.1, -0.05) is 35.9 Å². The van der Waals surface area contributed by atoms with Crippen molar-refractivity contribution in [2.75, 3.05) is 6.61 Å². The van der Waals surface area contributed by atoms with E-state index in [-0.39, 0.29) is 5.78 Å². The fraction of sp³-hybridized carbons (Fsp3) is 0.188. The Kier molecular flexibility index (Phi) is 3.03. The number of ether oxygens (including phenoxy) is 1. The molecule has 1 heterocycles. The zero-order valence-electron chi connectivity index (χ0n) is 10.6. The smallest absolute Gasteiger partial charge is 0.198 e. The molecule has 0 aliphatic carbocycles. The summed E-state index contributed by atoms with van der Waals surface area (Å²) in [6, 6.07) is 11.2. The number of halogens is 1. The molecule has 0 amide bonds. The Morgan fingerprint density at radius 1 is 1.16 bits per heavy atom. The fourth-order valence-corrected chi connectivity index (χ4v) is 2.57. The number of benzene rings is 2. The van der Waals surface area contributed by atoms with Gasteiger partial charge in [0.25, 0.3) is 0 Å². The lowest BCUT2D eigenvalue weighted by Gasteiger charge is -2.09. The molecule has 0 fully saturated rings. The van der Waals surface area contributed by atoms with Crippen LogP contribution in [0.25, 0.3) is 0 Å². The summed E-state index contributed by atoms with van der Waals surface area (Å²) in [5.41, 5.74) is 3.13. The van der Waals surface area contributed by atoms with E-state index in [9.17, 15) is 4.79 Å². The van der Waals surface area contributed by atoms with Gasteiger partial charge in [-0.05, 0) is 30.2 Å². The lowest BCUT2D eigenvalue weighted by molar-refractivity contribution is 0.103. The molecule has 96 valence electrons. The van der Waals surface area contributed by atoms with Crippen molar-refractivity contribution in [1.82, 2.24) is 0 Å². The Morgan fingerprint density at radius 3 is 2.74 bits per heavy atom. The fourth-order valence-electron chi connectivity index (χ4n) is 2.36. The van der Waals surface area contributed by atoms with Gasteiger partial charge in [0.05, 0.1) is 17.2 Å². The Labute approximate surface area is 117 Å². The largest absolute Gasteiger partial charge is 0.492 e. The van der Waals surface area contributed by atoms with Gasteiger partial charge in [-0.2, -0.15) is 0 Å². The SMILES string of the molecule is Cc1cccc(C(=O)c2cccc3c2OCC3)c1Cl. The zero-order valence-corrected chi connectivity index (χ0v) is 11.3. The Balaban J connectivity index is 2.11. The van der Waals surface area contributed by atoms with Crippen LogP contribution in [0, 0.1) is 6.92 Å². The van der Waals surface area contributed by atoms with Crippen molar-refractivity contribution in [3.8, 4) is 5.75 Å². The first-order valence-electron chi connectivity index (χ1n) is 6.23. The maximum Gasteiger partial charge on any atom is 0.198 e. The van der Waals surface area contributed by atoms with Gasteiger partial charge >= 0.3 is 0 Å². The number of rotatable bonds is 2. The highest BCUT2D eigenvalue weighted by molar-refractivity contribution is 6.35. The number of para-hydroxylation sites is 1. The van der Waals surface area contributed by atoms with Gasteiger partial charge in [0, 0.05) is 12.0 Å². The van der Waals surface area contributed by atoms with E-state index in [0.717, 1.165) is 17.5 Å². The van der Waals surface area contributed by atoms with E-state index in [1.54, 1.807) is 12.1 Å². The van der Waals surface area contributed by atoms with Crippen LogP contribution in [-0.2, 0) is 6.42 Å². The lowest BCUT2D eigenvalue weighted by Crippen LogP contribution is -2.05. The second-order valence-electron chi connectivity index (χ2n) is 4.66. The van der Waals surface area contributed by atoms with Crippen molar-refractivity contribution >= 4 is 17.4 Å². The van der Waals surface area contributed by atoms with Crippen LogP contribution in [0.15, 0.2) is 36.4 Å². The average molecular weight is 273 g/mol. The summed E-state index contributed by atoms with van der Waals surface area (Å²) in [7, 11) is 0. The second-order valence-corrected chi connectivity index (χ2v) is 5.04. The molecule has 0 atom stereocenters. The van der Waals surface area contributed by atoms with E-state index >= 15 is 0 Å². The highest BCUT2D eigenvalue weighted by Gasteiger charge is 2.22. The molecular formula is C16H13ClO2. The van der Waals surface area contributed by atoms with Gasteiger partial charge in [-0.25, -0.2) is 0 Å². The number of aryl methyl sites for hydroxylation is 1. The van der Waals surface area contributed by atoms with E-state index in [4.69, 9.17) is 16.3 Å². The predicted octanol–water partition coefficient (Wildman–Crippen LogP) is 3.81. The van der Waals surface area contributed by atoms with Crippen LogP contribution < -0.4 is 4.74 Å². The van der Waals surface area contributed by atoms with Gasteiger partial charge < -0.3 is 4.74 Å². The van der Waals surface area contributed by atoms with E-state index in [0.29, 0.717) is 28.5 Å². The summed E-state index contributed by atoms with van der Waals surface area (Å²) in [4.78, 5) is 12.6. The number of hydrogen-bond donors (Lipinski definition) is 0.